The van der Waals surface area contributed by atoms with Gasteiger partial charge in [0.25, 0.3) is 0 Å². The molecule has 1 aliphatic rings. The van der Waals surface area contributed by atoms with Crippen molar-refractivity contribution in [2.45, 2.75) is 13.0 Å². The molecule has 1 aromatic heterocycles. The summed E-state index contributed by atoms with van der Waals surface area (Å²) in [4.78, 5) is 6.49. The summed E-state index contributed by atoms with van der Waals surface area (Å²) in [6.45, 7) is 4.71. The summed E-state index contributed by atoms with van der Waals surface area (Å²) in [7, 11) is 0. The van der Waals surface area contributed by atoms with E-state index >= 15 is 0 Å². The lowest BCUT2D eigenvalue weighted by molar-refractivity contribution is 0.0989. The molecule has 4 heteroatoms. The van der Waals surface area contributed by atoms with Gasteiger partial charge in [-0.15, -0.1) is 0 Å². The van der Waals surface area contributed by atoms with Crippen LogP contribution in [0.25, 0.3) is 0 Å². The maximum absolute atomic E-state index is 5.39. The average molecular weight is 257 g/mol. The summed E-state index contributed by atoms with van der Waals surface area (Å²) in [6, 6.07) is 2.52. The minimum absolute atomic E-state index is 0.430. The highest BCUT2D eigenvalue weighted by Gasteiger charge is 2.19. The topological polar surface area (TPSA) is 25.4 Å². The molecule has 0 spiro atoms. The third-order valence-electron chi connectivity index (χ3n) is 2.39. The molecule has 2 heterocycles. The second-order valence-corrected chi connectivity index (χ2v) is 4.39. The zero-order valence-corrected chi connectivity index (χ0v) is 9.70. The van der Waals surface area contributed by atoms with Gasteiger partial charge in [-0.2, -0.15) is 0 Å². The Labute approximate surface area is 92.2 Å². The molecule has 0 N–H and O–H groups in total. The molecule has 1 unspecified atom stereocenters. The highest BCUT2D eigenvalue weighted by atomic mass is 79.9. The number of anilines is 1. The Bertz CT molecular complexity index is 319. The number of halogens is 1. The van der Waals surface area contributed by atoms with E-state index < -0.39 is 0 Å². The third kappa shape index (κ3) is 2.07. The van der Waals surface area contributed by atoms with Crippen molar-refractivity contribution in [3.05, 3.63) is 22.9 Å². The van der Waals surface area contributed by atoms with Crippen molar-refractivity contribution in [2.24, 2.45) is 0 Å². The summed E-state index contributed by atoms with van der Waals surface area (Å²) in [5.41, 5.74) is 1.16. The fourth-order valence-electron chi connectivity index (χ4n) is 1.67. The SMILES string of the molecule is CC1COCCN1c1cncc(Br)c1. The first-order valence-electron chi connectivity index (χ1n) is 4.72. The molecule has 0 amide bonds. The summed E-state index contributed by atoms with van der Waals surface area (Å²) in [6.07, 6.45) is 3.70. The van der Waals surface area contributed by atoms with Crippen molar-refractivity contribution in [3.8, 4) is 0 Å². The zero-order valence-electron chi connectivity index (χ0n) is 8.11. The van der Waals surface area contributed by atoms with Crippen LogP contribution in [0, 0.1) is 0 Å². The Kier molecular flexibility index (Phi) is 3.03. The second kappa shape index (κ2) is 4.28. The first kappa shape index (κ1) is 9.93. The highest BCUT2D eigenvalue weighted by molar-refractivity contribution is 9.10. The minimum Gasteiger partial charge on any atom is -0.377 e. The van der Waals surface area contributed by atoms with Crippen LogP contribution in [0.15, 0.2) is 22.9 Å². The van der Waals surface area contributed by atoms with Gasteiger partial charge in [-0.25, -0.2) is 0 Å². The number of aromatic nitrogens is 1. The average Bonchev–Trinajstić information content (AvgIpc) is 2.18. The van der Waals surface area contributed by atoms with Gasteiger partial charge in [0.05, 0.1) is 25.1 Å². The van der Waals surface area contributed by atoms with E-state index in [0.29, 0.717) is 6.04 Å². The second-order valence-electron chi connectivity index (χ2n) is 3.48. The van der Waals surface area contributed by atoms with Gasteiger partial charge in [0.1, 0.15) is 0 Å². The van der Waals surface area contributed by atoms with E-state index in [2.05, 4.69) is 38.8 Å². The van der Waals surface area contributed by atoms with E-state index in [1.165, 1.54) is 0 Å². The fourth-order valence-corrected chi connectivity index (χ4v) is 2.02. The smallest absolute Gasteiger partial charge is 0.0668 e. The minimum atomic E-state index is 0.430. The van der Waals surface area contributed by atoms with Crippen LogP contribution >= 0.6 is 15.9 Å². The van der Waals surface area contributed by atoms with Crippen LogP contribution < -0.4 is 4.90 Å². The molecule has 1 saturated heterocycles. The van der Waals surface area contributed by atoms with Crippen LogP contribution in [-0.4, -0.2) is 30.8 Å². The van der Waals surface area contributed by atoms with Crippen molar-refractivity contribution >= 4 is 21.6 Å². The molecule has 0 aromatic carbocycles. The van der Waals surface area contributed by atoms with Crippen LogP contribution in [0.2, 0.25) is 0 Å². The van der Waals surface area contributed by atoms with Gasteiger partial charge < -0.3 is 9.64 Å². The van der Waals surface area contributed by atoms with E-state index in [1.807, 2.05) is 6.20 Å². The Hall–Kier alpha value is -0.610. The monoisotopic (exact) mass is 256 g/mol. The summed E-state index contributed by atoms with van der Waals surface area (Å²) in [5, 5.41) is 0. The molecule has 2 rings (SSSR count). The molecule has 1 fully saturated rings. The summed E-state index contributed by atoms with van der Waals surface area (Å²) in [5.74, 6) is 0. The van der Waals surface area contributed by atoms with Crippen LogP contribution in [-0.2, 0) is 4.74 Å². The fraction of sp³-hybridized carbons (Fsp3) is 0.500. The molecule has 1 atom stereocenters. The number of hydrogen-bond donors (Lipinski definition) is 0. The Morgan fingerprint density at radius 1 is 1.57 bits per heavy atom. The van der Waals surface area contributed by atoms with Gasteiger partial charge in [-0.05, 0) is 28.9 Å². The zero-order chi connectivity index (χ0) is 9.97. The highest BCUT2D eigenvalue weighted by Crippen LogP contribution is 2.21. The number of rotatable bonds is 1. The van der Waals surface area contributed by atoms with Crippen LogP contribution in [0.5, 0.6) is 0 Å². The van der Waals surface area contributed by atoms with Gasteiger partial charge in [0.15, 0.2) is 0 Å². The molecular formula is C10H13BrN2O. The third-order valence-corrected chi connectivity index (χ3v) is 2.82. The van der Waals surface area contributed by atoms with Gasteiger partial charge in [-0.1, -0.05) is 0 Å². The molecule has 1 aromatic rings. The summed E-state index contributed by atoms with van der Waals surface area (Å²) < 4.78 is 6.41. The number of pyridine rings is 1. The van der Waals surface area contributed by atoms with E-state index in [0.717, 1.165) is 29.9 Å². The van der Waals surface area contributed by atoms with E-state index in [-0.39, 0.29) is 0 Å². The number of nitrogens with zero attached hydrogens (tertiary/aromatic N) is 2. The first-order valence-corrected chi connectivity index (χ1v) is 5.51. The lowest BCUT2D eigenvalue weighted by Gasteiger charge is -2.34. The number of hydrogen-bond acceptors (Lipinski definition) is 3. The van der Waals surface area contributed by atoms with Crippen LogP contribution in [0.1, 0.15) is 6.92 Å². The molecule has 0 bridgehead atoms. The molecular weight excluding hydrogens is 244 g/mol. The van der Waals surface area contributed by atoms with Crippen molar-refractivity contribution in [3.63, 3.8) is 0 Å². The molecule has 0 aliphatic carbocycles. The lowest BCUT2D eigenvalue weighted by atomic mass is 10.2. The van der Waals surface area contributed by atoms with Crippen molar-refractivity contribution < 1.29 is 4.74 Å². The molecule has 0 radical (unpaired) electrons. The number of ether oxygens (including phenoxy) is 1. The molecule has 76 valence electrons. The largest absolute Gasteiger partial charge is 0.377 e. The van der Waals surface area contributed by atoms with Crippen LogP contribution in [0.3, 0.4) is 0 Å². The standard InChI is InChI=1S/C10H13BrN2O/c1-8-7-14-3-2-13(8)10-4-9(11)5-12-6-10/h4-6,8H,2-3,7H2,1H3. The predicted octanol–water partition coefficient (Wildman–Crippen LogP) is 2.07. The quantitative estimate of drug-likeness (QED) is 0.770. The molecule has 14 heavy (non-hydrogen) atoms. The van der Waals surface area contributed by atoms with E-state index in [1.54, 1.807) is 6.20 Å². The Morgan fingerprint density at radius 2 is 2.43 bits per heavy atom. The molecule has 3 nitrogen and oxygen atoms in total. The van der Waals surface area contributed by atoms with E-state index in [4.69, 9.17) is 4.74 Å². The molecule has 1 aliphatic heterocycles. The molecule has 0 saturated carbocycles. The van der Waals surface area contributed by atoms with Gasteiger partial charge in [-0.3, -0.25) is 4.98 Å². The van der Waals surface area contributed by atoms with Crippen molar-refractivity contribution in [2.75, 3.05) is 24.7 Å². The van der Waals surface area contributed by atoms with E-state index in [9.17, 15) is 0 Å². The van der Waals surface area contributed by atoms with Crippen LogP contribution in [0.4, 0.5) is 5.69 Å². The van der Waals surface area contributed by atoms with Gasteiger partial charge >= 0.3 is 0 Å². The van der Waals surface area contributed by atoms with Gasteiger partial charge in [0, 0.05) is 23.3 Å². The lowest BCUT2D eigenvalue weighted by Crippen LogP contribution is -2.43. The maximum Gasteiger partial charge on any atom is 0.0668 e. The Morgan fingerprint density at radius 3 is 3.14 bits per heavy atom. The Balaban J connectivity index is 2.20. The maximum atomic E-state index is 5.39. The van der Waals surface area contributed by atoms with Crippen molar-refractivity contribution in [1.29, 1.82) is 0 Å². The first-order chi connectivity index (χ1) is 6.77. The van der Waals surface area contributed by atoms with Crippen molar-refractivity contribution in [1.82, 2.24) is 4.98 Å². The van der Waals surface area contributed by atoms with Gasteiger partial charge in [0.2, 0.25) is 0 Å². The number of morpholine rings is 1. The summed E-state index contributed by atoms with van der Waals surface area (Å²) >= 11 is 3.43. The normalized spacial score (nSPS) is 22.4. The predicted molar refractivity (Wildman–Crippen MR) is 59.6 cm³/mol.